The highest BCUT2D eigenvalue weighted by atomic mass is 79.9. The molecule has 19 heavy (non-hydrogen) atoms. The summed E-state index contributed by atoms with van der Waals surface area (Å²) in [6.45, 7) is 5.78. The van der Waals surface area contributed by atoms with Gasteiger partial charge in [-0.15, -0.1) is 0 Å². The first-order chi connectivity index (χ1) is 9.29. The normalized spacial score (nSPS) is 26.2. The number of ether oxygens (including phenoxy) is 2. The fraction of sp³-hybridized carbons (Fsp3) is 0.600. The van der Waals surface area contributed by atoms with Crippen LogP contribution in [-0.4, -0.2) is 26.3 Å². The van der Waals surface area contributed by atoms with Crippen molar-refractivity contribution >= 4 is 15.9 Å². The van der Waals surface area contributed by atoms with Crippen molar-refractivity contribution in [1.29, 1.82) is 0 Å². The van der Waals surface area contributed by atoms with Gasteiger partial charge in [0.05, 0.1) is 4.47 Å². The van der Waals surface area contributed by atoms with Crippen LogP contribution >= 0.6 is 15.9 Å². The van der Waals surface area contributed by atoms with E-state index in [0.717, 1.165) is 29.1 Å². The second-order valence-electron chi connectivity index (χ2n) is 5.29. The number of rotatable bonds is 2. The number of hydrogen-bond donors (Lipinski definition) is 1. The van der Waals surface area contributed by atoms with Crippen LogP contribution in [0.5, 0.6) is 11.5 Å². The first-order valence-electron chi connectivity index (χ1n) is 7.09. The zero-order valence-corrected chi connectivity index (χ0v) is 12.8. The van der Waals surface area contributed by atoms with Gasteiger partial charge in [0.2, 0.25) is 0 Å². The summed E-state index contributed by atoms with van der Waals surface area (Å²) in [5.74, 6) is 3.09. The lowest BCUT2D eigenvalue weighted by Crippen LogP contribution is -2.35. The molecule has 4 heteroatoms. The molecule has 0 amide bonds. The van der Waals surface area contributed by atoms with Gasteiger partial charge in [-0.2, -0.15) is 0 Å². The van der Waals surface area contributed by atoms with Crippen molar-refractivity contribution in [3.8, 4) is 11.5 Å². The molecule has 2 heterocycles. The van der Waals surface area contributed by atoms with Crippen LogP contribution < -0.4 is 14.8 Å². The molecule has 3 rings (SSSR count). The maximum Gasteiger partial charge on any atom is 0.175 e. The highest BCUT2D eigenvalue weighted by Crippen LogP contribution is 2.43. The molecule has 0 aliphatic carbocycles. The molecule has 1 N–H and O–H groups in total. The van der Waals surface area contributed by atoms with Crippen LogP contribution in [0.3, 0.4) is 0 Å². The third kappa shape index (κ3) is 2.61. The Balaban J connectivity index is 1.93. The molecule has 1 saturated heterocycles. The third-order valence-corrected chi connectivity index (χ3v) is 4.77. The van der Waals surface area contributed by atoms with E-state index in [4.69, 9.17) is 9.47 Å². The van der Waals surface area contributed by atoms with Crippen molar-refractivity contribution in [3.63, 3.8) is 0 Å². The fourth-order valence-electron chi connectivity index (χ4n) is 3.14. The Kier molecular flexibility index (Phi) is 3.99. The molecule has 2 atom stereocenters. The molecular formula is C15H20BrNO2. The lowest BCUT2D eigenvalue weighted by atomic mass is 9.80. The van der Waals surface area contributed by atoms with E-state index in [9.17, 15) is 0 Å². The fourth-order valence-corrected chi connectivity index (χ4v) is 3.71. The second kappa shape index (κ2) is 5.71. The maximum absolute atomic E-state index is 5.73. The summed E-state index contributed by atoms with van der Waals surface area (Å²) in [6.07, 6.45) is 2.41. The minimum atomic E-state index is 0.623. The van der Waals surface area contributed by atoms with E-state index in [-0.39, 0.29) is 0 Å². The molecule has 2 unspecified atom stereocenters. The number of nitrogens with one attached hydrogen (secondary N) is 1. The maximum atomic E-state index is 5.73. The number of halogens is 1. The smallest absolute Gasteiger partial charge is 0.175 e. The van der Waals surface area contributed by atoms with Crippen LogP contribution in [0, 0.1) is 5.92 Å². The van der Waals surface area contributed by atoms with Gasteiger partial charge in [-0.25, -0.2) is 0 Å². The van der Waals surface area contributed by atoms with Gasteiger partial charge in [0.15, 0.2) is 11.5 Å². The monoisotopic (exact) mass is 325 g/mol. The Morgan fingerprint density at radius 3 is 3.00 bits per heavy atom. The average Bonchev–Trinajstić information content (AvgIpc) is 2.47. The van der Waals surface area contributed by atoms with Crippen LogP contribution in [0.4, 0.5) is 0 Å². The summed E-state index contributed by atoms with van der Waals surface area (Å²) in [4.78, 5) is 0. The summed E-state index contributed by atoms with van der Waals surface area (Å²) < 4.78 is 12.4. The van der Waals surface area contributed by atoms with Crippen LogP contribution in [0.1, 0.15) is 31.2 Å². The number of benzene rings is 1. The molecule has 1 aromatic rings. The van der Waals surface area contributed by atoms with Gasteiger partial charge in [0.1, 0.15) is 13.2 Å². The number of piperidine rings is 1. The first-order valence-corrected chi connectivity index (χ1v) is 7.88. The van der Waals surface area contributed by atoms with E-state index < -0.39 is 0 Å². The average molecular weight is 326 g/mol. The summed E-state index contributed by atoms with van der Waals surface area (Å²) in [5, 5.41) is 3.49. The van der Waals surface area contributed by atoms with Crippen LogP contribution in [0.2, 0.25) is 0 Å². The van der Waals surface area contributed by atoms with Gasteiger partial charge in [-0.05, 0) is 65.0 Å². The molecule has 0 radical (unpaired) electrons. The van der Waals surface area contributed by atoms with E-state index in [1.165, 1.54) is 18.4 Å². The molecule has 0 bridgehead atoms. The third-order valence-electron chi connectivity index (χ3n) is 4.18. The molecule has 1 aromatic carbocycles. The van der Waals surface area contributed by atoms with Crippen LogP contribution in [0.25, 0.3) is 0 Å². The highest BCUT2D eigenvalue weighted by molar-refractivity contribution is 9.10. The van der Waals surface area contributed by atoms with E-state index >= 15 is 0 Å². The van der Waals surface area contributed by atoms with Crippen molar-refractivity contribution in [2.75, 3.05) is 26.3 Å². The van der Waals surface area contributed by atoms with Gasteiger partial charge in [-0.1, -0.05) is 13.3 Å². The van der Waals surface area contributed by atoms with E-state index in [0.29, 0.717) is 25.0 Å². The highest BCUT2D eigenvalue weighted by Gasteiger charge is 2.27. The minimum absolute atomic E-state index is 0.623. The molecule has 1 fully saturated rings. The Morgan fingerprint density at radius 2 is 2.16 bits per heavy atom. The van der Waals surface area contributed by atoms with Crippen molar-refractivity contribution in [2.24, 2.45) is 5.92 Å². The largest absolute Gasteiger partial charge is 0.486 e. The molecule has 3 nitrogen and oxygen atoms in total. The molecule has 2 aliphatic heterocycles. The molecule has 2 aliphatic rings. The minimum Gasteiger partial charge on any atom is -0.486 e. The Hall–Kier alpha value is -0.740. The second-order valence-corrected chi connectivity index (χ2v) is 6.15. The summed E-state index contributed by atoms with van der Waals surface area (Å²) >= 11 is 3.62. The number of fused-ring (bicyclic) bond motifs is 1. The van der Waals surface area contributed by atoms with Crippen LogP contribution in [-0.2, 0) is 0 Å². The van der Waals surface area contributed by atoms with Gasteiger partial charge < -0.3 is 14.8 Å². The number of hydrogen-bond acceptors (Lipinski definition) is 3. The lowest BCUT2D eigenvalue weighted by Gasteiger charge is -2.33. The van der Waals surface area contributed by atoms with E-state index in [1.807, 2.05) is 0 Å². The SMILES string of the molecule is CCC1CNCCC1c1cc(Br)c2c(c1)OCCO2. The van der Waals surface area contributed by atoms with Crippen molar-refractivity contribution in [1.82, 2.24) is 5.32 Å². The van der Waals surface area contributed by atoms with E-state index in [2.05, 4.69) is 40.3 Å². The molecule has 0 saturated carbocycles. The van der Waals surface area contributed by atoms with Crippen molar-refractivity contribution < 1.29 is 9.47 Å². The predicted octanol–water partition coefficient (Wildman–Crippen LogP) is 3.32. The molecule has 0 spiro atoms. The predicted molar refractivity (Wildman–Crippen MR) is 79.1 cm³/mol. The van der Waals surface area contributed by atoms with Gasteiger partial charge in [0.25, 0.3) is 0 Å². The zero-order valence-electron chi connectivity index (χ0n) is 11.2. The lowest BCUT2D eigenvalue weighted by molar-refractivity contribution is 0.170. The van der Waals surface area contributed by atoms with Gasteiger partial charge in [-0.3, -0.25) is 0 Å². The van der Waals surface area contributed by atoms with Crippen molar-refractivity contribution in [3.05, 3.63) is 22.2 Å². The quantitative estimate of drug-likeness (QED) is 0.904. The first kappa shape index (κ1) is 13.3. The Labute approximate surface area is 122 Å². The zero-order chi connectivity index (χ0) is 13.2. The Bertz CT molecular complexity index is 464. The van der Waals surface area contributed by atoms with Crippen LogP contribution in [0.15, 0.2) is 16.6 Å². The van der Waals surface area contributed by atoms with Crippen molar-refractivity contribution in [2.45, 2.75) is 25.7 Å². The van der Waals surface area contributed by atoms with Gasteiger partial charge in [0, 0.05) is 0 Å². The molecule has 0 aromatic heterocycles. The topological polar surface area (TPSA) is 30.5 Å². The summed E-state index contributed by atoms with van der Waals surface area (Å²) in [7, 11) is 0. The Morgan fingerprint density at radius 1 is 1.32 bits per heavy atom. The summed E-state index contributed by atoms with van der Waals surface area (Å²) in [5.41, 5.74) is 1.38. The van der Waals surface area contributed by atoms with Gasteiger partial charge >= 0.3 is 0 Å². The standard InChI is InChI=1S/C15H20BrNO2/c1-2-10-9-17-4-3-12(10)11-7-13(16)15-14(8-11)18-5-6-19-15/h7-8,10,12,17H,2-6,9H2,1H3. The molecular weight excluding hydrogens is 306 g/mol. The van der Waals surface area contributed by atoms with E-state index in [1.54, 1.807) is 0 Å². The summed E-state index contributed by atoms with van der Waals surface area (Å²) in [6, 6.07) is 4.39. The molecule has 104 valence electrons.